The fourth-order valence-electron chi connectivity index (χ4n) is 1.93. The molecule has 3 rings (SSSR count). The summed E-state index contributed by atoms with van der Waals surface area (Å²) in [5, 5.41) is 14.7. The second-order valence-corrected chi connectivity index (χ2v) is 5.26. The van der Waals surface area contributed by atoms with Gasteiger partial charge in [-0.3, -0.25) is 4.79 Å². The minimum absolute atomic E-state index is 0.136. The van der Waals surface area contributed by atoms with Crippen LogP contribution in [0.5, 0.6) is 0 Å². The average molecular weight is 350 g/mol. The van der Waals surface area contributed by atoms with Crippen LogP contribution in [0.4, 0.5) is 14.5 Å². The van der Waals surface area contributed by atoms with Crippen molar-refractivity contribution in [1.29, 1.82) is 0 Å². The second-order valence-electron chi connectivity index (χ2n) is 4.83. The van der Waals surface area contributed by atoms with Gasteiger partial charge in [-0.2, -0.15) is 4.80 Å². The molecule has 122 valence electrons. The number of hydrogen-bond donors (Lipinski definition) is 1. The highest BCUT2D eigenvalue weighted by atomic mass is 35.5. The molecular formula is C15H10ClF2N5O. The molecule has 1 amide bonds. The summed E-state index contributed by atoms with van der Waals surface area (Å²) in [7, 11) is 0. The van der Waals surface area contributed by atoms with Crippen LogP contribution < -0.4 is 5.32 Å². The number of carbonyl (C=O) groups is 1. The number of carbonyl (C=O) groups excluding carboxylic acids is 1. The van der Waals surface area contributed by atoms with E-state index in [9.17, 15) is 13.6 Å². The lowest BCUT2D eigenvalue weighted by Gasteiger charge is -2.04. The number of rotatable bonds is 4. The van der Waals surface area contributed by atoms with Crippen molar-refractivity contribution < 1.29 is 13.6 Å². The number of halogens is 3. The summed E-state index contributed by atoms with van der Waals surface area (Å²) in [6.45, 7) is -0.223. The van der Waals surface area contributed by atoms with Gasteiger partial charge in [0, 0.05) is 22.3 Å². The number of nitrogens with one attached hydrogen (secondary N) is 1. The predicted octanol–water partition coefficient (Wildman–Crippen LogP) is 2.91. The Morgan fingerprint density at radius 3 is 2.58 bits per heavy atom. The normalized spacial score (nSPS) is 10.6. The third-order valence-corrected chi connectivity index (χ3v) is 3.30. The van der Waals surface area contributed by atoms with Gasteiger partial charge in [0.15, 0.2) is 11.6 Å². The van der Waals surface area contributed by atoms with Crippen LogP contribution in [0.2, 0.25) is 5.02 Å². The van der Waals surface area contributed by atoms with Crippen molar-refractivity contribution in [1.82, 2.24) is 20.2 Å². The molecule has 0 fully saturated rings. The van der Waals surface area contributed by atoms with E-state index in [1.807, 2.05) is 0 Å². The van der Waals surface area contributed by atoms with Crippen molar-refractivity contribution >= 4 is 23.2 Å². The molecule has 0 aliphatic carbocycles. The van der Waals surface area contributed by atoms with Gasteiger partial charge in [-0.1, -0.05) is 11.6 Å². The molecule has 0 radical (unpaired) electrons. The van der Waals surface area contributed by atoms with Crippen LogP contribution >= 0.6 is 11.6 Å². The molecule has 24 heavy (non-hydrogen) atoms. The Morgan fingerprint density at radius 1 is 1.12 bits per heavy atom. The van der Waals surface area contributed by atoms with Gasteiger partial charge in [-0.15, -0.1) is 10.2 Å². The minimum Gasteiger partial charge on any atom is -0.324 e. The Balaban J connectivity index is 1.66. The molecule has 0 aliphatic rings. The first-order valence-electron chi connectivity index (χ1n) is 6.80. The van der Waals surface area contributed by atoms with E-state index in [4.69, 9.17) is 11.6 Å². The highest BCUT2D eigenvalue weighted by molar-refractivity contribution is 6.30. The van der Waals surface area contributed by atoms with Crippen molar-refractivity contribution in [2.75, 3.05) is 5.32 Å². The minimum atomic E-state index is -1.04. The number of aromatic nitrogens is 4. The molecule has 0 atom stereocenters. The van der Waals surface area contributed by atoms with Crippen LogP contribution in [0.3, 0.4) is 0 Å². The van der Waals surface area contributed by atoms with E-state index in [0.717, 1.165) is 16.9 Å². The van der Waals surface area contributed by atoms with Gasteiger partial charge >= 0.3 is 0 Å². The van der Waals surface area contributed by atoms with Crippen LogP contribution in [0.15, 0.2) is 42.5 Å². The smallest absolute Gasteiger partial charge is 0.248 e. The van der Waals surface area contributed by atoms with Gasteiger partial charge < -0.3 is 5.32 Å². The maximum absolute atomic E-state index is 13.1. The fourth-order valence-corrected chi connectivity index (χ4v) is 2.05. The lowest BCUT2D eigenvalue weighted by atomic mass is 10.2. The van der Waals surface area contributed by atoms with Crippen LogP contribution in [-0.4, -0.2) is 26.1 Å². The van der Waals surface area contributed by atoms with Crippen LogP contribution in [0, 0.1) is 11.6 Å². The molecule has 0 bridgehead atoms. The summed E-state index contributed by atoms with van der Waals surface area (Å²) in [6, 6.07) is 9.90. The molecule has 3 aromatic rings. The van der Waals surface area contributed by atoms with E-state index in [2.05, 4.69) is 20.7 Å². The van der Waals surface area contributed by atoms with Gasteiger partial charge in [0.25, 0.3) is 0 Å². The summed E-state index contributed by atoms with van der Waals surface area (Å²) < 4.78 is 25.9. The average Bonchev–Trinajstić information content (AvgIpc) is 3.00. The molecule has 6 nitrogen and oxygen atoms in total. The van der Waals surface area contributed by atoms with Crippen LogP contribution in [0.1, 0.15) is 0 Å². The quantitative estimate of drug-likeness (QED) is 0.786. The van der Waals surface area contributed by atoms with E-state index in [1.54, 1.807) is 24.3 Å². The molecule has 1 aromatic heterocycles. The number of amides is 1. The maximum atomic E-state index is 13.1. The summed E-state index contributed by atoms with van der Waals surface area (Å²) >= 11 is 5.81. The predicted molar refractivity (Wildman–Crippen MR) is 83.3 cm³/mol. The van der Waals surface area contributed by atoms with Gasteiger partial charge in [0.05, 0.1) is 0 Å². The first-order valence-corrected chi connectivity index (χ1v) is 7.18. The Bertz CT molecular complexity index is 882. The summed E-state index contributed by atoms with van der Waals surface area (Å²) in [5.74, 6) is -2.19. The molecule has 1 N–H and O–H groups in total. The van der Waals surface area contributed by atoms with Gasteiger partial charge in [-0.05, 0) is 41.6 Å². The Morgan fingerprint density at radius 2 is 1.88 bits per heavy atom. The van der Waals surface area contributed by atoms with Crippen LogP contribution in [0.25, 0.3) is 11.4 Å². The van der Waals surface area contributed by atoms with Crippen molar-refractivity contribution in [2.45, 2.75) is 6.54 Å². The number of hydrogen-bond acceptors (Lipinski definition) is 4. The highest BCUT2D eigenvalue weighted by Crippen LogP contribution is 2.17. The molecule has 9 heteroatoms. The SMILES string of the molecule is O=C(Cn1nnc(-c2ccc(Cl)cc2)n1)Nc1ccc(F)c(F)c1. The summed E-state index contributed by atoms with van der Waals surface area (Å²) in [6.07, 6.45) is 0. The summed E-state index contributed by atoms with van der Waals surface area (Å²) in [4.78, 5) is 13.0. The molecular weight excluding hydrogens is 340 g/mol. The standard InChI is InChI=1S/C15H10ClF2N5O/c16-10-3-1-9(2-4-10)15-20-22-23(21-15)8-14(24)19-11-5-6-12(17)13(18)7-11/h1-7H,8H2,(H,19,24). The Hall–Kier alpha value is -2.87. The molecule has 0 spiro atoms. The second kappa shape index (κ2) is 6.71. The highest BCUT2D eigenvalue weighted by Gasteiger charge is 2.11. The van der Waals surface area contributed by atoms with Gasteiger partial charge in [0.2, 0.25) is 11.7 Å². The third-order valence-electron chi connectivity index (χ3n) is 3.04. The Labute approximate surface area is 140 Å². The zero-order chi connectivity index (χ0) is 17.1. The zero-order valence-corrected chi connectivity index (χ0v) is 12.8. The fraction of sp³-hybridized carbons (Fsp3) is 0.0667. The lowest BCUT2D eigenvalue weighted by molar-refractivity contribution is -0.117. The monoisotopic (exact) mass is 349 g/mol. The van der Waals surface area contributed by atoms with E-state index in [-0.39, 0.29) is 12.2 Å². The van der Waals surface area contributed by atoms with E-state index < -0.39 is 17.5 Å². The van der Waals surface area contributed by atoms with Gasteiger partial charge in [0.1, 0.15) is 6.54 Å². The van der Waals surface area contributed by atoms with E-state index >= 15 is 0 Å². The lowest BCUT2D eigenvalue weighted by Crippen LogP contribution is -2.20. The number of tetrazole rings is 1. The topological polar surface area (TPSA) is 72.7 Å². The number of anilines is 1. The number of benzene rings is 2. The maximum Gasteiger partial charge on any atom is 0.248 e. The van der Waals surface area contributed by atoms with Crippen molar-refractivity contribution in [2.24, 2.45) is 0 Å². The van der Waals surface area contributed by atoms with E-state index in [1.165, 1.54) is 6.07 Å². The third kappa shape index (κ3) is 3.72. The van der Waals surface area contributed by atoms with E-state index in [0.29, 0.717) is 16.4 Å². The van der Waals surface area contributed by atoms with Crippen LogP contribution in [-0.2, 0) is 11.3 Å². The van der Waals surface area contributed by atoms with Crippen molar-refractivity contribution in [3.8, 4) is 11.4 Å². The first-order chi connectivity index (χ1) is 11.5. The molecule has 0 saturated carbocycles. The first kappa shape index (κ1) is 16.0. The molecule has 2 aromatic carbocycles. The Kier molecular flexibility index (Phi) is 4.48. The molecule has 1 heterocycles. The molecule has 0 saturated heterocycles. The van der Waals surface area contributed by atoms with Gasteiger partial charge in [-0.25, -0.2) is 8.78 Å². The van der Waals surface area contributed by atoms with Crippen molar-refractivity contribution in [3.63, 3.8) is 0 Å². The number of nitrogens with zero attached hydrogens (tertiary/aromatic N) is 4. The molecule has 0 aliphatic heterocycles. The molecule has 0 unspecified atom stereocenters. The largest absolute Gasteiger partial charge is 0.324 e. The summed E-state index contributed by atoms with van der Waals surface area (Å²) in [5.41, 5.74) is 0.837. The van der Waals surface area contributed by atoms with Crippen molar-refractivity contribution in [3.05, 3.63) is 59.1 Å². The zero-order valence-electron chi connectivity index (χ0n) is 12.1.